The number of amides is 1. The quantitative estimate of drug-likeness (QED) is 0.890. The average Bonchev–Trinajstić information content (AvgIpc) is 2.38. The molecule has 1 N–H and O–H groups in total. The molecule has 0 aromatic heterocycles. The van der Waals surface area contributed by atoms with E-state index in [1.807, 2.05) is 36.1 Å². The second-order valence-electron chi connectivity index (χ2n) is 5.20. The van der Waals surface area contributed by atoms with Crippen LogP contribution >= 0.6 is 0 Å². The van der Waals surface area contributed by atoms with Gasteiger partial charge in [0.05, 0.1) is 6.61 Å². The molecule has 2 rings (SSSR count). The van der Waals surface area contributed by atoms with Gasteiger partial charge in [-0.3, -0.25) is 4.79 Å². The molecule has 0 fully saturated rings. The third-order valence-electron chi connectivity index (χ3n) is 3.84. The van der Waals surface area contributed by atoms with Crippen molar-refractivity contribution in [2.24, 2.45) is 5.92 Å². The molecule has 1 aromatic carbocycles. The zero-order chi connectivity index (χ0) is 13.3. The van der Waals surface area contributed by atoms with Crippen molar-refractivity contribution >= 4 is 5.91 Å². The van der Waals surface area contributed by atoms with Gasteiger partial charge in [-0.25, -0.2) is 0 Å². The molecule has 0 unspecified atom stereocenters. The first-order chi connectivity index (χ1) is 8.61. The van der Waals surface area contributed by atoms with Gasteiger partial charge >= 0.3 is 0 Å². The van der Waals surface area contributed by atoms with Gasteiger partial charge < -0.3 is 10.0 Å². The Morgan fingerprint density at radius 3 is 2.56 bits per heavy atom. The molecule has 2 atom stereocenters. The molecule has 98 valence electrons. The van der Waals surface area contributed by atoms with Crippen LogP contribution in [0, 0.1) is 5.92 Å². The van der Waals surface area contributed by atoms with Crippen molar-refractivity contribution in [3.63, 3.8) is 0 Å². The van der Waals surface area contributed by atoms with Crippen molar-refractivity contribution in [2.45, 2.75) is 32.7 Å². The third-order valence-corrected chi connectivity index (χ3v) is 3.84. The van der Waals surface area contributed by atoms with Crippen LogP contribution in [-0.2, 0) is 0 Å². The Labute approximate surface area is 108 Å². The second kappa shape index (κ2) is 5.11. The maximum Gasteiger partial charge on any atom is 0.254 e. The summed E-state index contributed by atoms with van der Waals surface area (Å²) < 4.78 is 0. The molecule has 1 heterocycles. The van der Waals surface area contributed by atoms with E-state index in [0.717, 1.165) is 11.1 Å². The summed E-state index contributed by atoms with van der Waals surface area (Å²) in [7, 11) is 0. The number of carbonyl (C=O) groups is 1. The highest BCUT2D eigenvalue weighted by Gasteiger charge is 2.39. The lowest BCUT2D eigenvalue weighted by atomic mass is 9.78. The summed E-state index contributed by atoms with van der Waals surface area (Å²) in [6.45, 7) is 6.99. The Hall–Kier alpha value is -1.35. The van der Waals surface area contributed by atoms with E-state index in [4.69, 9.17) is 0 Å². The SMILES string of the molecule is CCN1C(=O)c2ccccc2[C@@H](CO)[C@@H]1C(C)C. The number of aliphatic hydroxyl groups excluding tert-OH is 1. The highest BCUT2D eigenvalue weighted by molar-refractivity contribution is 5.97. The average molecular weight is 247 g/mol. The molecule has 1 aromatic rings. The number of carbonyl (C=O) groups excluding carboxylic acids is 1. The molecule has 0 saturated carbocycles. The minimum absolute atomic E-state index is 0.0267. The molecule has 3 nitrogen and oxygen atoms in total. The topological polar surface area (TPSA) is 40.5 Å². The van der Waals surface area contributed by atoms with Crippen LogP contribution in [0.15, 0.2) is 24.3 Å². The lowest BCUT2D eigenvalue weighted by Crippen LogP contribution is -2.51. The van der Waals surface area contributed by atoms with E-state index in [2.05, 4.69) is 13.8 Å². The van der Waals surface area contributed by atoms with Crippen molar-refractivity contribution < 1.29 is 9.90 Å². The summed E-state index contributed by atoms with van der Waals surface area (Å²) in [6.07, 6.45) is 0. The molecule has 1 amide bonds. The Kier molecular flexibility index (Phi) is 3.71. The minimum Gasteiger partial charge on any atom is -0.396 e. The van der Waals surface area contributed by atoms with Gasteiger partial charge in [0.2, 0.25) is 0 Å². The molecule has 0 bridgehead atoms. The lowest BCUT2D eigenvalue weighted by Gasteiger charge is -2.43. The maximum absolute atomic E-state index is 12.5. The summed E-state index contributed by atoms with van der Waals surface area (Å²) in [5.74, 6) is 0.453. The van der Waals surface area contributed by atoms with Crippen molar-refractivity contribution in [2.75, 3.05) is 13.2 Å². The van der Waals surface area contributed by atoms with E-state index in [1.54, 1.807) is 0 Å². The maximum atomic E-state index is 12.5. The first-order valence-corrected chi connectivity index (χ1v) is 6.62. The number of rotatable bonds is 3. The van der Waals surface area contributed by atoms with Gasteiger partial charge in [-0.2, -0.15) is 0 Å². The van der Waals surface area contributed by atoms with Crippen molar-refractivity contribution in [1.29, 1.82) is 0 Å². The van der Waals surface area contributed by atoms with Crippen LogP contribution in [0.1, 0.15) is 42.6 Å². The number of benzene rings is 1. The normalized spacial score (nSPS) is 23.4. The van der Waals surface area contributed by atoms with Gasteiger partial charge in [0.1, 0.15) is 0 Å². The summed E-state index contributed by atoms with van der Waals surface area (Å²) in [5.41, 5.74) is 1.74. The van der Waals surface area contributed by atoms with Crippen LogP contribution in [-0.4, -0.2) is 35.1 Å². The largest absolute Gasteiger partial charge is 0.396 e. The first kappa shape index (κ1) is 13.1. The standard InChI is InChI=1S/C15H21NO2/c1-4-16-14(10(2)3)13(9-17)11-7-5-6-8-12(11)15(16)18/h5-8,10,13-14,17H,4,9H2,1-3H3/t13-,14+/m1/s1. The predicted octanol–water partition coefficient (Wildman–Crippen LogP) is 2.26. The molecule has 0 aliphatic carbocycles. The van der Waals surface area contributed by atoms with Crippen LogP contribution in [0.5, 0.6) is 0 Å². The minimum atomic E-state index is 0.0267. The summed E-state index contributed by atoms with van der Waals surface area (Å²) >= 11 is 0. The zero-order valence-electron chi connectivity index (χ0n) is 11.3. The monoisotopic (exact) mass is 247 g/mol. The second-order valence-corrected chi connectivity index (χ2v) is 5.20. The van der Waals surface area contributed by atoms with Crippen LogP contribution in [0.25, 0.3) is 0 Å². The molecule has 1 aliphatic heterocycles. The van der Waals surface area contributed by atoms with Gasteiger partial charge in [0.25, 0.3) is 5.91 Å². The van der Waals surface area contributed by atoms with Gasteiger partial charge in [-0.05, 0) is 24.5 Å². The zero-order valence-corrected chi connectivity index (χ0v) is 11.3. The van der Waals surface area contributed by atoms with Crippen LogP contribution in [0.2, 0.25) is 0 Å². The first-order valence-electron chi connectivity index (χ1n) is 6.62. The fraction of sp³-hybridized carbons (Fsp3) is 0.533. The Morgan fingerprint density at radius 1 is 1.33 bits per heavy atom. The Balaban J connectivity index is 2.55. The van der Waals surface area contributed by atoms with Gasteiger partial charge in [0.15, 0.2) is 0 Å². The summed E-state index contributed by atoms with van der Waals surface area (Å²) in [4.78, 5) is 14.4. The molecule has 0 spiro atoms. The van der Waals surface area contributed by atoms with Crippen LogP contribution < -0.4 is 0 Å². The molecule has 1 aliphatic rings. The third kappa shape index (κ3) is 1.93. The highest BCUT2D eigenvalue weighted by atomic mass is 16.3. The highest BCUT2D eigenvalue weighted by Crippen LogP contribution is 2.36. The number of fused-ring (bicyclic) bond motifs is 1. The van der Waals surface area contributed by atoms with E-state index in [-0.39, 0.29) is 24.5 Å². The molecule has 3 heteroatoms. The molecule has 0 radical (unpaired) electrons. The summed E-state index contributed by atoms with van der Waals surface area (Å²) in [6, 6.07) is 7.74. The molecular weight excluding hydrogens is 226 g/mol. The van der Waals surface area contributed by atoms with Crippen LogP contribution in [0.3, 0.4) is 0 Å². The van der Waals surface area contributed by atoms with Crippen molar-refractivity contribution in [1.82, 2.24) is 4.90 Å². The number of hydrogen-bond donors (Lipinski definition) is 1. The summed E-state index contributed by atoms with van der Waals surface area (Å²) in [5, 5.41) is 9.72. The fourth-order valence-corrected chi connectivity index (χ4v) is 3.09. The van der Waals surface area contributed by atoms with E-state index < -0.39 is 0 Å². The van der Waals surface area contributed by atoms with Crippen LogP contribution in [0.4, 0.5) is 0 Å². The van der Waals surface area contributed by atoms with Gasteiger partial charge in [-0.15, -0.1) is 0 Å². The Bertz CT molecular complexity index is 442. The number of hydrogen-bond acceptors (Lipinski definition) is 2. The lowest BCUT2D eigenvalue weighted by molar-refractivity contribution is 0.0498. The number of likely N-dealkylation sites (N-methyl/N-ethyl adjacent to an activating group) is 1. The van der Waals surface area contributed by atoms with E-state index in [1.165, 1.54) is 0 Å². The van der Waals surface area contributed by atoms with Crippen molar-refractivity contribution in [3.8, 4) is 0 Å². The van der Waals surface area contributed by atoms with Gasteiger partial charge in [0, 0.05) is 24.1 Å². The Morgan fingerprint density at radius 2 is 2.00 bits per heavy atom. The van der Waals surface area contributed by atoms with Gasteiger partial charge in [-0.1, -0.05) is 32.0 Å². The number of aliphatic hydroxyl groups is 1. The fourth-order valence-electron chi connectivity index (χ4n) is 3.09. The molecule has 18 heavy (non-hydrogen) atoms. The predicted molar refractivity (Wildman–Crippen MR) is 71.6 cm³/mol. The van der Waals surface area contributed by atoms with Crippen molar-refractivity contribution in [3.05, 3.63) is 35.4 Å². The van der Waals surface area contributed by atoms with E-state index in [9.17, 15) is 9.90 Å². The van der Waals surface area contributed by atoms with E-state index in [0.29, 0.717) is 12.5 Å². The smallest absolute Gasteiger partial charge is 0.254 e. The molecule has 0 saturated heterocycles. The number of nitrogens with zero attached hydrogens (tertiary/aromatic N) is 1. The molecular formula is C15H21NO2. The van der Waals surface area contributed by atoms with E-state index >= 15 is 0 Å².